The van der Waals surface area contributed by atoms with Gasteiger partial charge in [0.2, 0.25) is 5.88 Å². The van der Waals surface area contributed by atoms with Gasteiger partial charge in [0.1, 0.15) is 5.01 Å². The molecule has 0 radical (unpaired) electrons. The minimum atomic E-state index is -0.555. The maximum absolute atomic E-state index is 12.2. The first-order valence-corrected chi connectivity index (χ1v) is 8.16. The number of hydrogen-bond donors (Lipinski definition) is 0. The molecule has 2 heterocycles. The van der Waals surface area contributed by atoms with Crippen molar-refractivity contribution in [1.82, 2.24) is 9.97 Å². The fourth-order valence-corrected chi connectivity index (χ4v) is 3.27. The molecule has 4 nitrogen and oxygen atoms in total. The topological polar surface area (TPSA) is 52.1 Å². The average molecular weight is 365 g/mol. The van der Waals surface area contributed by atoms with Crippen molar-refractivity contribution in [1.29, 1.82) is 0 Å². The summed E-state index contributed by atoms with van der Waals surface area (Å²) in [5.41, 5.74) is 1.14. The Hall–Kier alpha value is -1.95. The van der Waals surface area contributed by atoms with E-state index in [1.54, 1.807) is 18.5 Å². The SMILES string of the molecule is Cc1sc(-c2cccnc2)nc1OC(=O)c1cc(Cl)cc(Cl)c1. The molecule has 2 aromatic heterocycles. The van der Waals surface area contributed by atoms with Crippen LogP contribution in [-0.4, -0.2) is 15.9 Å². The molecule has 0 atom stereocenters. The Bertz CT molecular complexity index is 846. The van der Waals surface area contributed by atoms with Crippen LogP contribution in [0.1, 0.15) is 15.2 Å². The predicted molar refractivity (Wildman–Crippen MR) is 91.5 cm³/mol. The van der Waals surface area contributed by atoms with Gasteiger partial charge in [-0.1, -0.05) is 23.2 Å². The number of benzene rings is 1. The van der Waals surface area contributed by atoms with Crippen molar-refractivity contribution >= 4 is 40.5 Å². The van der Waals surface area contributed by atoms with Crippen LogP contribution >= 0.6 is 34.5 Å². The van der Waals surface area contributed by atoms with Crippen LogP contribution in [0.25, 0.3) is 10.6 Å². The lowest BCUT2D eigenvalue weighted by atomic mass is 10.2. The Morgan fingerprint density at radius 1 is 1.22 bits per heavy atom. The van der Waals surface area contributed by atoms with Crippen LogP contribution in [-0.2, 0) is 0 Å². The minimum absolute atomic E-state index is 0.273. The monoisotopic (exact) mass is 364 g/mol. The first kappa shape index (κ1) is 15.9. The third kappa shape index (κ3) is 3.69. The van der Waals surface area contributed by atoms with E-state index in [0.717, 1.165) is 15.4 Å². The summed E-state index contributed by atoms with van der Waals surface area (Å²) in [6, 6.07) is 8.27. The number of thiazole rings is 1. The normalized spacial score (nSPS) is 10.6. The molecule has 23 heavy (non-hydrogen) atoms. The number of nitrogens with zero attached hydrogens (tertiary/aromatic N) is 2. The minimum Gasteiger partial charge on any atom is -0.403 e. The lowest BCUT2D eigenvalue weighted by Crippen LogP contribution is -2.09. The van der Waals surface area contributed by atoms with Crippen LogP contribution in [0.3, 0.4) is 0 Å². The second kappa shape index (κ2) is 6.66. The first-order chi connectivity index (χ1) is 11.0. The van der Waals surface area contributed by atoms with Gasteiger partial charge in [-0.2, -0.15) is 0 Å². The summed E-state index contributed by atoms with van der Waals surface area (Å²) in [5.74, 6) is -0.282. The molecular weight excluding hydrogens is 355 g/mol. The van der Waals surface area contributed by atoms with Crippen molar-refractivity contribution in [2.24, 2.45) is 0 Å². The number of hydrogen-bond acceptors (Lipinski definition) is 5. The van der Waals surface area contributed by atoms with Crippen LogP contribution in [0.2, 0.25) is 10.0 Å². The van der Waals surface area contributed by atoms with Crippen molar-refractivity contribution in [2.75, 3.05) is 0 Å². The second-order valence-corrected chi connectivity index (χ2v) is 6.75. The van der Waals surface area contributed by atoms with Gasteiger partial charge >= 0.3 is 5.97 Å². The Balaban J connectivity index is 1.86. The molecule has 7 heteroatoms. The highest BCUT2D eigenvalue weighted by Crippen LogP contribution is 2.32. The number of esters is 1. The van der Waals surface area contributed by atoms with Crippen molar-refractivity contribution < 1.29 is 9.53 Å². The maximum atomic E-state index is 12.2. The smallest absolute Gasteiger partial charge is 0.345 e. The zero-order valence-corrected chi connectivity index (χ0v) is 14.2. The Morgan fingerprint density at radius 2 is 1.96 bits per heavy atom. The predicted octanol–water partition coefficient (Wildman–Crippen LogP) is 5.04. The van der Waals surface area contributed by atoms with Gasteiger partial charge in [0.15, 0.2) is 0 Å². The maximum Gasteiger partial charge on any atom is 0.345 e. The lowest BCUT2D eigenvalue weighted by molar-refractivity contribution is 0.0727. The van der Waals surface area contributed by atoms with Gasteiger partial charge in [-0.25, -0.2) is 9.78 Å². The Labute approximate surface area is 146 Å². The summed E-state index contributed by atoms with van der Waals surface area (Å²) >= 11 is 13.2. The van der Waals surface area contributed by atoms with Crippen molar-refractivity contribution in [3.05, 3.63) is 63.2 Å². The molecule has 0 spiro atoms. The molecule has 0 saturated heterocycles. The van der Waals surface area contributed by atoms with E-state index in [4.69, 9.17) is 27.9 Å². The quantitative estimate of drug-likeness (QED) is 0.610. The number of pyridine rings is 1. The third-order valence-corrected chi connectivity index (χ3v) is 4.39. The van der Waals surface area contributed by atoms with Crippen LogP contribution < -0.4 is 4.74 Å². The van der Waals surface area contributed by atoms with Crippen molar-refractivity contribution in [3.63, 3.8) is 0 Å². The number of ether oxygens (including phenoxy) is 1. The number of rotatable bonds is 3. The van der Waals surface area contributed by atoms with Crippen LogP contribution in [0.4, 0.5) is 0 Å². The summed E-state index contributed by atoms with van der Waals surface area (Å²) in [6.45, 7) is 1.84. The third-order valence-electron chi connectivity index (χ3n) is 2.95. The molecule has 0 amide bonds. The molecule has 0 fully saturated rings. The molecule has 3 rings (SSSR count). The lowest BCUT2D eigenvalue weighted by Gasteiger charge is -2.03. The number of aryl methyl sites for hydroxylation is 1. The van der Waals surface area contributed by atoms with Crippen LogP contribution in [0, 0.1) is 6.92 Å². The molecule has 0 bridgehead atoms. The highest BCUT2D eigenvalue weighted by Gasteiger charge is 2.16. The average Bonchev–Trinajstić information content (AvgIpc) is 2.88. The zero-order valence-electron chi connectivity index (χ0n) is 11.9. The Morgan fingerprint density at radius 3 is 2.61 bits per heavy atom. The molecular formula is C16H10Cl2N2O2S. The molecule has 0 N–H and O–H groups in total. The van der Waals surface area contributed by atoms with Gasteiger partial charge in [-0.3, -0.25) is 4.98 Å². The molecule has 0 unspecified atom stereocenters. The van der Waals surface area contributed by atoms with Gasteiger partial charge in [-0.15, -0.1) is 11.3 Å². The van der Waals surface area contributed by atoms with Gasteiger partial charge < -0.3 is 4.74 Å². The van der Waals surface area contributed by atoms with Gasteiger partial charge in [-0.05, 0) is 37.3 Å². The fraction of sp³-hybridized carbons (Fsp3) is 0.0625. The van der Waals surface area contributed by atoms with E-state index in [-0.39, 0.29) is 11.4 Å². The van der Waals surface area contributed by atoms with E-state index in [1.165, 1.54) is 23.5 Å². The van der Waals surface area contributed by atoms with Crippen molar-refractivity contribution in [2.45, 2.75) is 6.92 Å². The largest absolute Gasteiger partial charge is 0.403 e. The van der Waals surface area contributed by atoms with E-state index in [2.05, 4.69) is 9.97 Å². The molecule has 1 aromatic carbocycles. The summed E-state index contributed by atoms with van der Waals surface area (Å²) in [5, 5.41) is 1.48. The van der Waals surface area contributed by atoms with Crippen LogP contribution in [0.5, 0.6) is 5.88 Å². The number of halogens is 2. The van der Waals surface area contributed by atoms with Gasteiger partial charge in [0, 0.05) is 28.0 Å². The molecule has 0 saturated carbocycles. The number of carbonyl (C=O) groups excluding carboxylic acids is 1. The number of aromatic nitrogens is 2. The molecule has 0 aliphatic rings. The molecule has 0 aliphatic heterocycles. The highest BCUT2D eigenvalue weighted by atomic mass is 35.5. The summed E-state index contributed by atoms with van der Waals surface area (Å²) in [7, 11) is 0. The van der Waals surface area contributed by atoms with E-state index in [1.807, 2.05) is 19.1 Å². The number of carbonyl (C=O) groups is 1. The van der Waals surface area contributed by atoms with E-state index < -0.39 is 5.97 Å². The van der Waals surface area contributed by atoms with Gasteiger partial charge in [0.05, 0.1) is 10.4 Å². The second-order valence-electron chi connectivity index (χ2n) is 4.67. The summed E-state index contributed by atoms with van der Waals surface area (Å²) in [4.78, 5) is 21.4. The highest BCUT2D eigenvalue weighted by molar-refractivity contribution is 7.15. The van der Waals surface area contributed by atoms with Crippen molar-refractivity contribution in [3.8, 4) is 16.5 Å². The Kier molecular flexibility index (Phi) is 4.61. The van der Waals surface area contributed by atoms with Gasteiger partial charge in [0.25, 0.3) is 0 Å². The molecule has 116 valence electrons. The first-order valence-electron chi connectivity index (χ1n) is 6.59. The summed E-state index contributed by atoms with van der Waals surface area (Å²) < 4.78 is 5.37. The molecule has 0 aliphatic carbocycles. The molecule has 3 aromatic rings. The summed E-state index contributed by atoms with van der Waals surface area (Å²) in [6.07, 6.45) is 3.40. The standard InChI is InChI=1S/C16H10Cl2N2O2S/c1-9-14(20-15(23-9)10-3-2-4-19-8-10)22-16(21)11-5-12(17)7-13(18)6-11/h2-8H,1H3. The van der Waals surface area contributed by atoms with E-state index in [9.17, 15) is 4.79 Å². The fourth-order valence-electron chi connectivity index (χ4n) is 1.91. The van der Waals surface area contributed by atoms with E-state index in [0.29, 0.717) is 10.0 Å². The van der Waals surface area contributed by atoms with Crippen LogP contribution in [0.15, 0.2) is 42.7 Å². The zero-order chi connectivity index (χ0) is 16.4. The van der Waals surface area contributed by atoms with E-state index >= 15 is 0 Å².